The summed E-state index contributed by atoms with van der Waals surface area (Å²) < 4.78 is 28.4. The van der Waals surface area contributed by atoms with E-state index in [0.717, 1.165) is 19.4 Å². The van der Waals surface area contributed by atoms with Crippen LogP contribution in [0.15, 0.2) is 12.1 Å². The minimum absolute atomic E-state index is 0.0597. The summed E-state index contributed by atoms with van der Waals surface area (Å²) >= 11 is 0. The molecule has 3 nitrogen and oxygen atoms in total. The molecule has 0 aromatic heterocycles. The molecule has 0 amide bonds. The Hall–Kier alpha value is -1.20. The van der Waals surface area contributed by atoms with Crippen LogP contribution in [0, 0.1) is 11.6 Å². The molecule has 0 atom stereocenters. The smallest absolute Gasteiger partial charge is 0.149 e. The highest BCUT2D eigenvalue weighted by Crippen LogP contribution is 2.32. The molecule has 2 rings (SSSR count). The average molecular weight is 298 g/mol. The normalized spacial score (nSPS) is 17.2. The summed E-state index contributed by atoms with van der Waals surface area (Å²) in [7, 11) is 1.63. The van der Waals surface area contributed by atoms with Gasteiger partial charge in [0.25, 0.3) is 0 Å². The van der Waals surface area contributed by atoms with E-state index in [2.05, 4.69) is 5.32 Å². The Morgan fingerprint density at radius 1 is 1.24 bits per heavy atom. The van der Waals surface area contributed by atoms with Gasteiger partial charge in [-0.15, -0.1) is 0 Å². The molecular formula is C16H24F2N2O. The summed E-state index contributed by atoms with van der Waals surface area (Å²) in [4.78, 5) is 1.49. The number of aliphatic hydroxyl groups is 1. The first-order valence-corrected chi connectivity index (χ1v) is 7.57. The number of hydrogen-bond acceptors (Lipinski definition) is 3. The maximum atomic E-state index is 14.2. The Bertz CT molecular complexity index is 464. The molecule has 0 heterocycles. The summed E-state index contributed by atoms with van der Waals surface area (Å²) in [5.74, 6) is -1.15. The molecule has 1 aromatic rings. The molecule has 0 bridgehead atoms. The van der Waals surface area contributed by atoms with Crippen molar-refractivity contribution in [1.82, 2.24) is 5.32 Å². The van der Waals surface area contributed by atoms with Crippen LogP contribution in [0.4, 0.5) is 14.5 Å². The highest BCUT2D eigenvalue weighted by atomic mass is 19.1. The molecule has 0 saturated heterocycles. The number of benzene rings is 1. The quantitative estimate of drug-likeness (QED) is 0.848. The van der Waals surface area contributed by atoms with E-state index in [0.29, 0.717) is 24.9 Å². The van der Waals surface area contributed by atoms with Crippen molar-refractivity contribution in [3.63, 3.8) is 0 Å². The first-order chi connectivity index (χ1) is 9.95. The molecule has 1 fully saturated rings. The van der Waals surface area contributed by atoms with Crippen LogP contribution < -0.4 is 10.2 Å². The van der Waals surface area contributed by atoms with Gasteiger partial charge in [0.15, 0.2) is 0 Å². The topological polar surface area (TPSA) is 35.5 Å². The number of anilines is 1. The summed E-state index contributed by atoms with van der Waals surface area (Å²) in [5.41, 5.74) is -0.296. The lowest BCUT2D eigenvalue weighted by atomic mass is 10.0. The van der Waals surface area contributed by atoms with Crippen LogP contribution in [0.5, 0.6) is 0 Å². The largest absolute Gasteiger partial charge is 0.388 e. The first-order valence-electron chi connectivity index (χ1n) is 7.57. The fourth-order valence-corrected chi connectivity index (χ4v) is 3.07. The van der Waals surface area contributed by atoms with Gasteiger partial charge in [-0.25, -0.2) is 8.78 Å². The SMILES string of the molecule is CCNCc1cc(F)c(N(C)CC2(O)CCCC2)c(F)c1. The van der Waals surface area contributed by atoms with Crippen molar-refractivity contribution in [3.05, 3.63) is 29.3 Å². The molecule has 0 aliphatic heterocycles. The van der Waals surface area contributed by atoms with Crippen LogP contribution in [0.3, 0.4) is 0 Å². The zero-order chi connectivity index (χ0) is 15.5. The molecule has 1 aromatic carbocycles. The molecule has 1 aliphatic carbocycles. The second-order valence-corrected chi connectivity index (χ2v) is 5.98. The van der Waals surface area contributed by atoms with Crippen LogP contribution in [-0.2, 0) is 6.54 Å². The Morgan fingerprint density at radius 3 is 2.33 bits per heavy atom. The molecule has 118 valence electrons. The lowest BCUT2D eigenvalue weighted by Gasteiger charge is -2.30. The Balaban J connectivity index is 2.14. The lowest BCUT2D eigenvalue weighted by molar-refractivity contribution is 0.0557. The summed E-state index contributed by atoms with van der Waals surface area (Å²) in [5, 5.41) is 13.4. The van der Waals surface area contributed by atoms with Crippen LogP contribution in [0.2, 0.25) is 0 Å². The van der Waals surface area contributed by atoms with Crippen molar-refractivity contribution in [2.75, 3.05) is 25.0 Å². The van der Waals surface area contributed by atoms with E-state index in [1.165, 1.54) is 17.0 Å². The maximum absolute atomic E-state index is 14.2. The summed E-state index contributed by atoms with van der Waals surface area (Å²) in [6.45, 7) is 3.39. The molecule has 0 unspecified atom stereocenters. The van der Waals surface area contributed by atoms with Crippen molar-refractivity contribution >= 4 is 5.69 Å². The Labute approximate surface area is 125 Å². The molecule has 0 radical (unpaired) electrons. The fourth-order valence-electron chi connectivity index (χ4n) is 3.07. The number of halogens is 2. The summed E-state index contributed by atoms with van der Waals surface area (Å²) in [6.07, 6.45) is 3.33. The van der Waals surface area contributed by atoms with E-state index in [1.807, 2.05) is 6.92 Å². The minimum atomic E-state index is -0.823. The number of hydrogen-bond donors (Lipinski definition) is 2. The van der Waals surface area contributed by atoms with E-state index in [1.54, 1.807) is 7.05 Å². The molecule has 5 heteroatoms. The lowest BCUT2D eigenvalue weighted by Crippen LogP contribution is -2.40. The molecule has 1 aliphatic rings. The van der Waals surface area contributed by atoms with Crippen LogP contribution in [-0.4, -0.2) is 30.8 Å². The van der Waals surface area contributed by atoms with Gasteiger partial charge in [-0.2, -0.15) is 0 Å². The highest BCUT2D eigenvalue weighted by molar-refractivity contribution is 5.50. The highest BCUT2D eigenvalue weighted by Gasteiger charge is 2.33. The van der Waals surface area contributed by atoms with Crippen LogP contribution in [0.25, 0.3) is 0 Å². The van der Waals surface area contributed by atoms with Gasteiger partial charge in [0.05, 0.1) is 5.60 Å². The third-order valence-electron chi connectivity index (χ3n) is 4.10. The van der Waals surface area contributed by atoms with Gasteiger partial charge in [0, 0.05) is 20.1 Å². The van der Waals surface area contributed by atoms with Crippen LogP contribution in [0.1, 0.15) is 38.2 Å². The number of likely N-dealkylation sites (N-methyl/N-ethyl adjacent to an activating group) is 1. The van der Waals surface area contributed by atoms with Crippen molar-refractivity contribution in [3.8, 4) is 0 Å². The Kier molecular flexibility index (Phi) is 5.17. The number of nitrogens with zero attached hydrogens (tertiary/aromatic N) is 1. The summed E-state index contributed by atoms with van der Waals surface area (Å²) in [6, 6.07) is 2.71. The van der Waals surface area contributed by atoms with E-state index >= 15 is 0 Å². The monoisotopic (exact) mass is 298 g/mol. The van der Waals surface area contributed by atoms with Gasteiger partial charge >= 0.3 is 0 Å². The fraction of sp³-hybridized carbons (Fsp3) is 0.625. The van der Waals surface area contributed by atoms with Gasteiger partial charge in [-0.05, 0) is 37.1 Å². The second kappa shape index (κ2) is 6.71. The third kappa shape index (κ3) is 3.92. The van der Waals surface area contributed by atoms with Gasteiger partial charge in [0.2, 0.25) is 0 Å². The first kappa shape index (κ1) is 16.2. The average Bonchev–Trinajstić information content (AvgIpc) is 2.81. The van der Waals surface area contributed by atoms with Gasteiger partial charge in [-0.1, -0.05) is 19.8 Å². The zero-order valence-corrected chi connectivity index (χ0v) is 12.8. The standard InChI is InChI=1S/C16H24F2N2O/c1-3-19-10-12-8-13(17)15(14(18)9-12)20(2)11-16(21)6-4-5-7-16/h8-9,19,21H,3-7,10-11H2,1-2H3. The van der Waals surface area contributed by atoms with E-state index in [9.17, 15) is 13.9 Å². The van der Waals surface area contributed by atoms with Gasteiger partial charge in [0.1, 0.15) is 17.3 Å². The van der Waals surface area contributed by atoms with Gasteiger partial charge in [-0.3, -0.25) is 0 Å². The predicted molar refractivity (Wildman–Crippen MR) is 80.4 cm³/mol. The predicted octanol–water partition coefficient (Wildman–Crippen LogP) is 2.82. The molecule has 0 spiro atoms. The third-order valence-corrected chi connectivity index (χ3v) is 4.10. The van der Waals surface area contributed by atoms with Crippen molar-refractivity contribution in [1.29, 1.82) is 0 Å². The molecule has 21 heavy (non-hydrogen) atoms. The molecule has 2 N–H and O–H groups in total. The van der Waals surface area contributed by atoms with E-state index < -0.39 is 17.2 Å². The number of nitrogens with one attached hydrogen (secondary N) is 1. The second-order valence-electron chi connectivity index (χ2n) is 5.98. The minimum Gasteiger partial charge on any atom is -0.388 e. The van der Waals surface area contributed by atoms with Crippen molar-refractivity contribution in [2.45, 2.75) is 44.8 Å². The van der Waals surface area contributed by atoms with Crippen molar-refractivity contribution in [2.24, 2.45) is 0 Å². The van der Waals surface area contributed by atoms with E-state index in [4.69, 9.17) is 0 Å². The maximum Gasteiger partial charge on any atom is 0.149 e. The zero-order valence-electron chi connectivity index (χ0n) is 12.8. The van der Waals surface area contributed by atoms with Crippen LogP contribution >= 0.6 is 0 Å². The molecular weight excluding hydrogens is 274 g/mol. The number of rotatable bonds is 6. The van der Waals surface area contributed by atoms with Crippen molar-refractivity contribution < 1.29 is 13.9 Å². The van der Waals surface area contributed by atoms with E-state index in [-0.39, 0.29) is 12.2 Å². The molecule has 1 saturated carbocycles. The Morgan fingerprint density at radius 2 is 1.81 bits per heavy atom. The van der Waals surface area contributed by atoms with Gasteiger partial charge < -0.3 is 15.3 Å².